The molecule has 3 N–H and O–H groups in total. The molecule has 0 radical (unpaired) electrons. The van der Waals surface area contributed by atoms with Gasteiger partial charge in [-0.15, -0.1) is 0 Å². The number of aryl methyl sites for hydroxylation is 1. The zero-order chi connectivity index (χ0) is 19.4. The van der Waals surface area contributed by atoms with E-state index in [0.717, 1.165) is 19.3 Å². The number of amides is 1. The molecule has 2 aromatic rings. The molecule has 0 bridgehead atoms. The van der Waals surface area contributed by atoms with Crippen molar-refractivity contribution in [3.8, 4) is 0 Å². The van der Waals surface area contributed by atoms with Crippen molar-refractivity contribution in [2.75, 3.05) is 7.05 Å². The first-order valence-corrected chi connectivity index (χ1v) is 9.72. The van der Waals surface area contributed by atoms with Gasteiger partial charge in [0.2, 0.25) is 5.91 Å². The third-order valence-electron chi connectivity index (χ3n) is 4.01. The maximum atomic E-state index is 11.9. The molecule has 4 heteroatoms. The maximum absolute atomic E-state index is 11.9. The summed E-state index contributed by atoms with van der Waals surface area (Å²) in [6, 6.07) is 6.43. The number of nitrogens with one attached hydrogen (secondary N) is 1. The highest BCUT2D eigenvalue weighted by atomic mass is 16.1. The quantitative estimate of drug-likeness (QED) is 0.801. The van der Waals surface area contributed by atoms with Crippen LogP contribution in [0.2, 0.25) is 0 Å². The Balaban J connectivity index is 0. The molecule has 3 rings (SSSR count). The largest absolute Gasteiger partial charge is 0.350 e. The molecular weight excluding hydrogens is 322 g/mol. The minimum atomic E-state index is 0. The van der Waals surface area contributed by atoms with Gasteiger partial charge < -0.3 is 15.6 Å². The fourth-order valence-electron chi connectivity index (χ4n) is 3.23. The van der Waals surface area contributed by atoms with Gasteiger partial charge in [0.25, 0.3) is 0 Å². The normalized spacial score (nSPS) is 11.3. The molecule has 1 amide bonds. The van der Waals surface area contributed by atoms with E-state index in [-0.39, 0.29) is 13.3 Å². The van der Waals surface area contributed by atoms with Gasteiger partial charge in [-0.25, -0.2) is 0 Å². The van der Waals surface area contributed by atoms with Crippen molar-refractivity contribution in [2.24, 2.45) is 5.73 Å². The second-order valence-corrected chi connectivity index (χ2v) is 5.20. The SMILES string of the molecule is C.CC.CC.CCCc1c(CC)c2cccc3c2n1CC(=O)NC3.CN. The van der Waals surface area contributed by atoms with Crippen LogP contribution in [0.15, 0.2) is 18.2 Å². The van der Waals surface area contributed by atoms with E-state index in [0.29, 0.717) is 13.1 Å². The van der Waals surface area contributed by atoms with Crippen LogP contribution in [-0.4, -0.2) is 17.5 Å². The van der Waals surface area contributed by atoms with Crippen molar-refractivity contribution in [1.29, 1.82) is 0 Å². The van der Waals surface area contributed by atoms with Gasteiger partial charge in [0.05, 0.1) is 5.52 Å². The summed E-state index contributed by atoms with van der Waals surface area (Å²) >= 11 is 0. The van der Waals surface area contributed by atoms with E-state index in [9.17, 15) is 4.79 Å². The van der Waals surface area contributed by atoms with Gasteiger partial charge in [-0.2, -0.15) is 0 Å². The summed E-state index contributed by atoms with van der Waals surface area (Å²) in [6.45, 7) is 13.5. The van der Waals surface area contributed by atoms with E-state index in [1.807, 2.05) is 27.7 Å². The minimum Gasteiger partial charge on any atom is -0.350 e. The number of nitrogens with zero attached hydrogens (tertiary/aromatic N) is 1. The number of carbonyl (C=O) groups excluding carboxylic acids is 1. The number of nitrogens with two attached hydrogens (primary N) is 1. The molecule has 1 aromatic carbocycles. The van der Waals surface area contributed by atoms with E-state index in [4.69, 9.17) is 0 Å². The summed E-state index contributed by atoms with van der Waals surface area (Å²) in [5.74, 6) is 0.119. The number of para-hydroxylation sites is 1. The van der Waals surface area contributed by atoms with Gasteiger partial charge >= 0.3 is 0 Å². The second kappa shape index (κ2) is 14.4. The van der Waals surface area contributed by atoms with Crippen molar-refractivity contribution in [2.45, 2.75) is 81.3 Å². The molecule has 1 aliphatic heterocycles. The van der Waals surface area contributed by atoms with Crippen LogP contribution in [0.4, 0.5) is 0 Å². The topological polar surface area (TPSA) is 60.0 Å². The lowest BCUT2D eigenvalue weighted by molar-refractivity contribution is -0.121. The first-order chi connectivity index (χ1) is 12.3. The van der Waals surface area contributed by atoms with Crippen LogP contribution in [0.25, 0.3) is 10.9 Å². The maximum Gasteiger partial charge on any atom is 0.240 e. The Kier molecular flexibility index (Phi) is 14.6. The summed E-state index contributed by atoms with van der Waals surface area (Å²) in [5.41, 5.74) is 9.78. The van der Waals surface area contributed by atoms with E-state index in [1.165, 1.54) is 34.8 Å². The molecule has 1 aliphatic rings. The Labute approximate surface area is 161 Å². The van der Waals surface area contributed by atoms with E-state index in [2.05, 4.69) is 47.7 Å². The standard InChI is InChI=1S/C16H20N2O.2C2H6.CH5N.CH4/c1-3-6-14-12(4-2)13-8-5-7-11-9-17-15(19)10-18(14)16(11)13;3*1-2;/h5,7-8H,3-4,6,9-10H2,1-2H3,(H,17,19);2*1-2H3;2H2,1H3;1H4. The zero-order valence-corrected chi connectivity index (χ0v) is 17.2. The summed E-state index contributed by atoms with van der Waals surface area (Å²) in [5, 5.41) is 4.32. The molecule has 1 aromatic heterocycles. The Hall–Kier alpha value is -1.81. The van der Waals surface area contributed by atoms with E-state index < -0.39 is 0 Å². The fourth-order valence-corrected chi connectivity index (χ4v) is 3.23. The summed E-state index contributed by atoms with van der Waals surface area (Å²) in [6.07, 6.45) is 3.19. The minimum absolute atomic E-state index is 0. The predicted octanol–water partition coefficient (Wildman–Crippen LogP) is 5.05. The summed E-state index contributed by atoms with van der Waals surface area (Å²) in [7, 11) is 1.50. The molecule has 0 saturated heterocycles. The van der Waals surface area contributed by atoms with Crippen LogP contribution in [0, 0.1) is 0 Å². The van der Waals surface area contributed by atoms with Crippen molar-refractivity contribution >= 4 is 16.8 Å². The van der Waals surface area contributed by atoms with Gasteiger partial charge in [0.15, 0.2) is 0 Å². The van der Waals surface area contributed by atoms with E-state index in [1.54, 1.807) is 0 Å². The Morgan fingerprint density at radius 3 is 2.27 bits per heavy atom. The van der Waals surface area contributed by atoms with Crippen LogP contribution in [-0.2, 0) is 30.7 Å². The summed E-state index contributed by atoms with van der Waals surface area (Å²) in [4.78, 5) is 11.9. The van der Waals surface area contributed by atoms with Gasteiger partial charge in [0.1, 0.15) is 6.54 Å². The second-order valence-electron chi connectivity index (χ2n) is 5.20. The van der Waals surface area contributed by atoms with Gasteiger partial charge in [-0.05, 0) is 31.0 Å². The third-order valence-corrected chi connectivity index (χ3v) is 4.01. The van der Waals surface area contributed by atoms with Crippen LogP contribution < -0.4 is 11.1 Å². The number of hydrogen-bond acceptors (Lipinski definition) is 2. The molecule has 0 spiro atoms. The molecule has 0 fully saturated rings. The number of rotatable bonds is 3. The van der Waals surface area contributed by atoms with Gasteiger partial charge in [0, 0.05) is 17.6 Å². The van der Waals surface area contributed by atoms with Crippen LogP contribution >= 0.6 is 0 Å². The number of benzene rings is 1. The van der Waals surface area contributed by atoms with Crippen molar-refractivity contribution in [3.05, 3.63) is 35.0 Å². The van der Waals surface area contributed by atoms with E-state index >= 15 is 0 Å². The Morgan fingerprint density at radius 1 is 1.12 bits per heavy atom. The molecule has 0 aliphatic carbocycles. The van der Waals surface area contributed by atoms with Crippen molar-refractivity contribution < 1.29 is 4.79 Å². The molecule has 2 heterocycles. The molecule has 4 nitrogen and oxygen atoms in total. The lowest BCUT2D eigenvalue weighted by atomic mass is 10.0. The number of aromatic nitrogens is 1. The highest BCUT2D eigenvalue weighted by molar-refractivity contribution is 5.91. The average molecular weight is 364 g/mol. The van der Waals surface area contributed by atoms with Crippen molar-refractivity contribution in [3.63, 3.8) is 0 Å². The first kappa shape index (κ1) is 26.4. The predicted molar refractivity (Wildman–Crippen MR) is 117 cm³/mol. The monoisotopic (exact) mass is 363 g/mol. The molecule has 0 unspecified atom stereocenters. The molecule has 26 heavy (non-hydrogen) atoms. The highest BCUT2D eigenvalue weighted by Gasteiger charge is 2.21. The lowest BCUT2D eigenvalue weighted by Crippen LogP contribution is -2.24. The third kappa shape index (κ3) is 5.60. The first-order valence-electron chi connectivity index (χ1n) is 9.72. The molecule has 150 valence electrons. The van der Waals surface area contributed by atoms with Crippen LogP contribution in [0.1, 0.15) is 72.2 Å². The smallest absolute Gasteiger partial charge is 0.240 e. The Morgan fingerprint density at radius 2 is 1.73 bits per heavy atom. The Bertz CT molecular complexity index is 644. The van der Waals surface area contributed by atoms with Gasteiger partial charge in [-0.3, -0.25) is 4.79 Å². The van der Waals surface area contributed by atoms with Gasteiger partial charge in [-0.1, -0.05) is 73.6 Å². The highest BCUT2D eigenvalue weighted by Crippen LogP contribution is 2.31. The molecular formula is C22H41N3O. The zero-order valence-electron chi connectivity index (χ0n) is 17.2. The lowest BCUT2D eigenvalue weighted by Gasteiger charge is -2.09. The fraction of sp³-hybridized carbons (Fsp3) is 0.591. The molecule has 0 saturated carbocycles. The number of hydrogen-bond donors (Lipinski definition) is 2. The van der Waals surface area contributed by atoms with Crippen molar-refractivity contribution in [1.82, 2.24) is 9.88 Å². The van der Waals surface area contributed by atoms with Crippen LogP contribution in [0.5, 0.6) is 0 Å². The van der Waals surface area contributed by atoms with Crippen LogP contribution in [0.3, 0.4) is 0 Å². The number of carbonyl (C=O) groups is 1. The summed E-state index contributed by atoms with van der Waals surface area (Å²) < 4.78 is 2.25. The average Bonchev–Trinajstić information content (AvgIpc) is 2.86. The molecule has 0 atom stereocenters.